The lowest BCUT2D eigenvalue weighted by atomic mass is 9.61. The van der Waals surface area contributed by atoms with E-state index in [0.29, 0.717) is 0 Å². The van der Waals surface area contributed by atoms with Crippen molar-refractivity contribution in [2.75, 3.05) is 19.2 Å². The summed E-state index contributed by atoms with van der Waals surface area (Å²) in [6.45, 7) is 24.4. The van der Waals surface area contributed by atoms with Gasteiger partial charge in [0.2, 0.25) is 0 Å². The number of hydrogen-bond donors (Lipinski definition) is 0. The van der Waals surface area contributed by atoms with E-state index in [0.717, 1.165) is 45.3 Å². The first-order valence-corrected chi connectivity index (χ1v) is 30.0. The molecule has 6 aliphatic rings. The van der Waals surface area contributed by atoms with Gasteiger partial charge in [0.25, 0.3) is 0 Å². The fourth-order valence-electron chi connectivity index (χ4n) is 12.1. The van der Waals surface area contributed by atoms with E-state index in [-0.39, 0.29) is 14.0 Å². The lowest BCUT2D eigenvalue weighted by Crippen LogP contribution is -2.55. The number of anilines is 8. The zero-order chi connectivity index (χ0) is 44.0. The molecule has 0 amide bonds. The zero-order valence-corrected chi connectivity index (χ0v) is 40.5. The molecular formula is C54H52B2N4O2Si2. The van der Waals surface area contributed by atoms with Crippen molar-refractivity contribution in [1.82, 2.24) is 0 Å². The number of benzene rings is 7. The summed E-state index contributed by atoms with van der Waals surface area (Å²) in [5.41, 5.74) is 16.7. The second-order valence-corrected chi connectivity index (χ2v) is 32.0. The standard InChI is InChI=1S/C54H52B2N4O2Si2/c1-53(2)35-31-33(63(5,6)7)27-29-39(35)57-49-47(53)51-50-48(52(49)60-42-22-14-18-26-46(42)62-43-23-15-11-19-37(43)55(57)60)54(3,4)36-32-34(64(8,9)10)28-30-40(36)58(50)56-38-20-12-16-24-44(38)61-45-25-17-13-21-41(45)59(51)56/h11-32H,1-10H3. The normalized spacial score (nSPS) is 17.2. The minimum absolute atomic E-state index is 0.213. The molecule has 0 bridgehead atoms. The van der Waals surface area contributed by atoms with Gasteiger partial charge in [0.05, 0.1) is 50.3 Å². The maximum absolute atomic E-state index is 7.03. The zero-order valence-electron chi connectivity index (χ0n) is 38.5. The second-order valence-electron chi connectivity index (χ2n) is 21.8. The topological polar surface area (TPSA) is 31.4 Å². The Balaban J connectivity index is 1.26. The van der Waals surface area contributed by atoms with Gasteiger partial charge >= 0.3 is 14.0 Å². The molecule has 13 rings (SSSR count). The number of fused-ring (bicyclic) bond motifs is 20. The smallest absolute Gasteiger partial charge is 0.424 e. The third-order valence-corrected chi connectivity index (χ3v) is 19.3. The summed E-state index contributed by atoms with van der Waals surface area (Å²) in [6, 6.07) is 49.9. The molecule has 10 heteroatoms. The van der Waals surface area contributed by atoms with Crippen molar-refractivity contribution in [2.45, 2.75) is 77.8 Å². The van der Waals surface area contributed by atoms with Crippen LogP contribution in [0.25, 0.3) is 0 Å². The van der Waals surface area contributed by atoms with E-state index in [2.05, 4.69) is 220 Å². The van der Waals surface area contributed by atoms with Gasteiger partial charge in [0, 0.05) is 44.3 Å². The maximum Gasteiger partial charge on any atom is 0.424 e. The molecule has 0 unspecified atom stereocenters. The minimum Gasteiger partial charge on any atom is -0.456 e. The molecule has 0 atom stereocenters. The van der Waals surface area contributed by atoms with Crippen LogP contribution in [0.1, 0.15) is 49.9 Å². The summed E-state index contributed by atoms with van der Waals surface area (Å²) in [4.78, 5) is 10.8. The van der Waals surface area contributed by atoms with Crippen molar-refractivity contribution in [3.63, 3.8) is 0 Å². The molecule has 7 aromatic carbocycles. The summed E-state index contributed by atoms with van der Waals surface area (Å²) in [6.07, 6.45) is 0. The lowest BCUT2D eigenvalue weighted by Gasteiger charge is -2.46. The molecular weight excluding hydrogens is 814 g/mol. The predicted octanol–water partition coefficient (Wildman–Crippen LogP) is 11.6. The molecule has 0 saturated carbocycles. The van der Waals surface area contributed by atoms with Gasteiger partial charge in [-0.05, 0) is 59.7 Å². The Kier molecular flexibility index (Phi) is 7.42. The van der Waals surface area contributed by atoms with Crippen molar-refractivity contribution in [3.05, 3.63) is 156 Å². The lowest BCUT2D eigenvalue weighted by molar-refractivity contribution is 0.489. The van der Waals surface area contributed by atoms with Crippen molar-refractivity contribution in [2.24, 2.45) is 0 Å². The molecule has 6 heterocycles. The van der Waals surface area contributed by atoms with Crippen LogP contribution in [-0.2, 0) is 10.8 Å². The molecule has 0 aromatic heterocycles. The third kappa shape index (κ3) is 4.77. The van der Waals surface area contributed by atoms with Gasteiger partial charge in [0.1, 0.15) is 23.0 Å². The molecule has 6 aliphatic heterocycles. The van der Waals surface area contributed by atoms with Crippen LogP contribution in [0.5, 0.6) is 23.0 Å². The predicted molar refractivity (Wildman–Crippen MR) is 275 cm³/mol. The quantitative estimate of drug-likeness (QED) is 0.161. The highest BCUT2D eigenvalue weighted by atomic mass is 28.3. The second kappa shape index (κ2) is 12.4. The Morgan fingerprint density at radius 3 is 1.09 bits per heavy atom. The van der Waals surface area contributed by atoms with E-state index in [1.807, 2.05) is 0 Å². The molecule has 6 nitrogen and oxygen atoms in total. The number of para-hydroxylation sites is 6. The van der Waals surface area contributed by atoms with E-state index in [4.69, 9.17) is 9.47 Å². The van der Waals surface area contributed by atoms with Crippen LogP contribution in [0.15, 0.2) is 133 Å². The van der Waals surface area contributed by atoms with Crippen LogP contribution in [0, 0.1) is 0 Å². The number of ether oxygens (including phenoxy) is 2. The highest BCUT2D eigenvalue weighted by Crippen LogP contribution is 2.71. The van der Waals surface area contributed by atoms with Crippen molar-refractivity contribution < 1.29 is 9.47 Å². The van der Waals surface area contributed by atoms with Gasteiger partial charge in [-0.3, -0.25) is 0 Å². The van der Waals surface area contributed by atoms with Gasteiger partial charge < -0.3 is 28.7 Å². The Morgan fingerprint density at radius 2 is 0.719 bits per heavy atom. The number of nitrogens with zero attached hydrogens (tertiary/aromatic N) is 4. The molecule has 0 aliphatic carbocycles. The molecule has 314 valence electrons. The van der Waals surface area contributed by atoms with Gasteiger partial charge in [-0.1, -0.05) is 162 Å². The van der Waals surface area contributed by atoms with Crippen molar-refractivity contribution >= 4 is 96.9 Å². The first kappa shape index (κ1) is 38.4. The Hall–Kier alpha value is -6.10. The fraction of sp³-hybridized carbons (Fsp3) is 0.222. The van der Waals surface area contributed by atoms with Crippen LogP contribution in [-0.4, -0.2) is 30.1 Å². The first-order valence-electron chi connectivity index (χ1n) is 23.0. The van der Waals surface area contributed by atoms with Gasteiger partial charge in [0.15, 0.2) is 0 Å². The van der Waals surface area contributed by atoms with E-state index < -0.39 is 27.0 Å². The molecule has 7 aromatic rings. The Labute approximate surface area is 380 Å². The molecule has 0 spiro atoms. The highest BCUT2D eigenvalue weighted by molar-refractivity contribution is 6.90. The van der Waals surface area contributed by atoms with Crippen LogP contribution in [0.4, 0.5) is 45.5 Å². The summed E-state index contributed by atoms with van der Waals surface area (Å²) >= 11 is 0. The first-order chi connectivity index (χ1) is 30.6. The van der Waals surface area contributed by atoms with Gasteiger partial charge in [-0.15, -0.1) is 0 Å². The van der Waals surface area contributed by atoms with Crippen LogP contribution >= 0.6 is 0 Å². The SMILES string of the molecule is CC1(C)c2cc([Si](C)(C)C)ccc2N2B3c4ccccc4Oc4ccccc4N3c3c2c1c1c2c3C(C)(C)c3cc([Si](C)(C)C)ccc3N2B2c3ccccc3Oc3ccccc3N21. The average Bonchev–Trinajstić information content (AvgIpc) is 3.68. The molecule has 0 N–H and O–H groups in total. The van der Waals surface area contributed by atoms with Gasteiger partial charge in [-0.25, -0.2) is 0 Å². The third-order valence-electron chi connectivity index (χ3n) is 15.3. The number of rotatable bonds is 2. The Morgan fingerprint density at radius 1 is 0.391 bits per heavy atom. The largest absolute Gasteiger partial charge is 0.456 e. The van der Waals surface area contributed by atoms with E-state index >= 15 is 0 Å². The summed E-state index contributed by atoms with van der Waals surface area (Å²) < 4.78 is 14.1. The summed E-state index contributed by atoms with van der Waals surface area (Å²) in [7, 11) is -3.46. The molecule has 0 saturated heterocycles. The van der Waals surface area contributed by atoms with E-state index in [1.54, 1.807) is 0 Å². The minimum atomic E-state index is -1.73. The number of hydrogen-bond acceptors (Lipinski definition) is 6. The van der Waals surface area contributed by atoms with Gasteiger partial charge in [-0.2, -0.15) is 0 Å². The van der Waals surface area contributed by atoms with Crippen LogP contribution in [0.3, 0.4) is 0 Å². The van der Waals surface area contributed by atoms with E-state index in [9.17, 15) is 0 Å². The van der Waals surface area contributed by atoms with Crippen molar-refractivity contribution in [3.8, 4) is 23.0 Å². The van der Waals surface area contributed by atoms with E-state index in [1.165, 1.54) is 66.8 Å². The monoisotopic (exact) mass is 866 g/mol. The fourth-order valence-corrected chi connectivity index (χ4v) is 14.4. The van der Waals surface area contributed by atoms with Crippen molar-refractivity contribution in [1.29, 1.82) is 0 Å². The maximum atomic E-state index is 7.03. The van der Waals surface area contributed by atoms with Crippen LogP contribution < -0.4 is 50.0 Å². The summed E-state index contributed by atoms with van der Waals surface area (Å²) in [5, 5.41) is 2.94. The summed E-state index contributed by atoms with van der Waals surface area (Å²) in [5.74, 6) is 3.52. The highest BCUT2D eigenvalue weighted by Gasteiger charge is 2.62. The molecule has 0 fully saturated rings. The molecule has 64 heavy (non-hydrogen) atoms. The average molecular weight is 867 g/mol. The molecule has 0 radical (unpaired) electrons. The Bertz CT molecular complexity index is 3010. The van der Waals surface area contributed by atoms with Crippen LogP contribution in [0.2, 0.25) is 39.3 Å².